The highest BCUT2D eigenvalue weighted by Gasteiger charge is 2.26. The maximum Gasteiger partial charge on any atom is 0.0824 e. The summed E-state index contributed by atoms with van der Waals surface area (Å²) in [6, 6.07) is 4.29. The van der Waals surface area contributed by atoms with Crippen molar-refractivity contribution in [2.75, 3.05) is 26.7 Å². The highest BCUT2D eigenvalue weighted by Crippen LogP contribution is 2.19. The van der Waals surface area contributed by atoms with E-state index in [4.69, 9.17) is 4.74 Å². The van der Waals surface area contributed by atoms with Crippen LogP contribution in [0.2, 0.25) is 0 Å². The summed E-state index contributed by atoms with van der Waals surface area (Å²) in [6.07, 6.45) is 3.59. The number of methoxy groups -OCH3 is 1. The number of rotatable bonds is 5. The molecule has 2 rings (SSSR count). The smallest absolute Gasteiger partial charge is 0.0824 e. The van der Waals surface area contributed by atoms with Crippen LogP contribution in [0.15, 0.2) is 18.3 Å². The van der Waals surface area contributed by atoms with Crippen LogP contribution in [0.4, 0.5) is 0 Å². The van der Waals surface area contributed by atoms with Gasteiger partial charge in [-0.3, -0.25) is 9.88 Å². The molecule has 1 aromatic rings. The zero-order valence-corrected chi connectivity index (χ0v) is 11.0. The van der Waals surface area contributed by atoms with E-state index in [2.05, 4.69) is 35.9 Å². The van der Waals surface area contributed by atoms with Crippen molar-refractivity contribution in [2.45, 2.75) is 32.3 Å². The lowest BCUT2D eigenvalue weighted by atomic mass is 10.0. The molecule has 17 heavy (non-hydrogen) atoms. The third kappa shape index (κ3) is 3.27. The van der Waals surface area contributed by atoms with Crippen molar-refractivity contribution < 1.29 is 4.74 Å². The molecule has 1 unspecified atom stereocenters. The standard InChI is InChI=1S/C14H22N2O/c1-11-4-5-14(15-8-11)12(2)6-7-16-9-13(10-16)17-3/h4-5,8,12-13H,6-7,9-10H2,1-3H3. The summed E-state index contributed by atoms with van der Waals surface area (Å²) in [5.74, 6) is 0.539. The van der Waals surface area contributed by atoms with Gasteiger partial charge in [0, 0.05) is 32.1 Å². The predicted molar refractivity (Wildman–Crippen MR) is 69.2 cm³/mol. The third-order valence-corrected chi connectivity index (χ3v) is 3.57. The molecule has 1 saturated heterocycles. The van der Waals surface area contributed by atoms with Gasteiger partial charge in [-0.2, -0.15) is 0 Å². The second-order valence-corrected chi connectivity index (χ2v) is 5.07. The molecule has 1 aliphatic rings. The van der Waals surface area contributed by atoms with E-state index in [9.17, 15) is 0 Å². The molecule has 0 aliphatic carbocycles. The number of ether oxygens (including phenoxy) is 1. The van der Waals surface area contributed by atoms with Crippen LogP contribution in [-0.2, 0) is 4.74 Å². The third-order valence-electron chi connectivity index (χ3n) is 3.57. The minimum Gasteiger partial charge on any atom is -0.379 e. The predicted octanol–water partition coefficient (Wildman–Crippen LogP) is 2.21. The summed E-state index contributed by atoms with van der Waals surface area (Å²) in [6.45, 7) is 7.66. The van der Waals surface area contributed by atoms with E-state index in [1.54, 1.807) is 7.11 Å². The van der Waals surface area contributed by atoms with Crippen LogP contribution in [0.25, 0.3) is 0 Å². The lowest BCUT2D eigenvalue weighted by Gasteiger charge is -2.38. The summed E-state index contributed by atoms with van der Waals surface area (Å²) in [5.41, 5.74) is 2.44. The quantitative estimate of drug-likeness (QED) is 0.781. The number of nitrogens with zero attached hydrogens (tertiary/aromatic N) is 2. The van der Waals surface area contributed by atoms with Gasteiger partial charge in [0.1, 0.15) is 0 Å². The van der Waals surface area contributed by atoms with E-state index >= 15 is 0 Å². The van der Waals surface area contributed by atoms with Crippen molar-refractivity contribution in [1.82, 2.24) is 9.88 Å². The molecule has 0 aromatic carbocycles. The minimum absolute atomic E-state index is 0.461. The summed E-state index contributed by atoms with van der Waals surface area (Å²) in [7, 11) is 1.79. The summed E-state index contributed by atoms with van der Waals surface area (Å²) >= 11 is 0. The number of aryl methyl sites for hydroxylation is 1. The molecule has 3 nitrogen and oxygen atoms in total. The first-order valence-electron chi connectivity index (χ1n) is 6.36. The molecule has 1 aromatic heterocycles. The van der Waals surface area contributed by atoms with E-state index < -0.39 is 0 Å². The average Bonchev–Trinajstić information content (AvgIpc) is 2.28. The second-order valence-electron chi connectivity index (χ2n) is 5.07. The normalized spacial score (nSPS) is 19.0. The number of hydrogen-bond donors (Lipinski definition) is 0. The fraction of sp³-hybridized carbons (Fsp3) is 0.643. The Morgan fingerprint density at radius 1 is 1.47 bits per heavy atom. The van der Waals surface area contributed by atoms with Crippen LogP contribution in [0, 0.1) is 6.92 Å². The van der Waals surface area contributed by atoms with Crippen molar-refractivity contribution >= 4 is 0 Å². The fourth-order valence-electron chi connectivity index (χ4n) is 2.15. The average molecular weight is 234 g/mol. The van der Waals surface area contributed by atoms with Gasteiger partial charge in [0.25, 0.3) is 0 Å². The molecular weight excluding hydrogens is 212 g/mol. The summed E-state index contributed by atoms with van der Waals surface area (Å²) in [5, 5.41) is 0. The van der Waals surface area contributed by atoms with E-state index in [1.807, 2.05) is 6.20 Å². The molecule has 0 amide bonds. The Labute approximate surface area is 104 Å². The van der Waals surface area contributed by atoms with E-state index in [0.29, 0.717) is 12.0 Å². The van der Waals surface area contributed by atoms with Crippen LogP contribution in [0.1, 0.15) is 30.5 Å². The zero-order chi connectivity index (χ0) is 12.3. The van der Waals surface area contributed by atoms with E-state index in [1.165, 1.54) is 17.7 Å². The monoisotopic (exact) mass is 234 g/mol. The first-order valence-corrected chi connectivity index (χ1v) is 6.36. The van der Waals surface area contributed by atoms with Gasteiger partial charge >= 0.3 is 0 Å². The van der Waals surface area contributed by atoms with Crippen molar-refractivity contribution in [3.63, 3.8) is 0 Å². The Morgan fingerprint density at radius 2 is 2.24 bits per heavy atom. The Kier molecular flexibility index (Phi) is 4.13. The zero-order valence-electron chi connectivity index (χ0n) is 11.0. The minimum atomic E-state index is 0.461. The number of pyridine rings is 1. The molecular formula is C14H22N2O. The van der Waals surface area contributed by atoms with Crippen molar-refractivity contribution in [2.24, 2.45) is 0 Å². The molecule has 0 radical (unpaired) electrons. The molecule has 0 N–H and O–H groups in total. The molecule has 3 heteroatoms. The van der Waals surface area contributed by atoms with Crippen LogP contribution in [0.5, 0.6) is 0 Å². The molecule has 0 spiro atoms. The fourth-order valence-corrected chi connectivity index (χ4v) is 2.15. The highest BCUT2D eigenvalue weighted by atomic mass is 16.5. The second kappa shape index (κ2) is 5.61. The van der Waals surface area contributed by atoms with Crippen LogP contribution < -0.4 is 0 Å². The number of likely N-dealkylation sites (tertiary alicyclic amines) is 1. The van der Waals surface area contributed by atoms with Crippen LogP contribution in [-0.4, -0.2) is 42.7 Å². The maximum atomic E-state index is 5.27. The summed E-state index contributed by atoms with van der Waals surface area (Å²) < 4.78 is 5.27. The highest BCUT2D eigenvalue weighted by molar-refractivity contribution is 5.15. The van der Waals surface area contributed by atoms with E-state index in [-0.39, 0.29) is 0 Å². The Hall–Kier alpha value is -0.930. The molecule has 1 atom stereocenters. The van der Waals surface area contributed by atoms with Gasteiger partial charge in [0.15, 0.2) is 0 Å². The van der Waals surface area contributed by atoms with Gasteiger partial charge in [0.05, 0.1) is 6.10 Å². The SMILES string of the molecule is COC1CN(CCC(C)c2ccc(C)cn2)C1. The van der Waals surface area contributed by atoms with Crippen molar-refractivity contribution in [3.8, 4) is 0 Å². The lowest BCUT2D eigenvalue weighted by molar-refractivity contribution is -0.0300. The van der Waals surface area contributed by atoms with Gasteiger partial charge in [0.2, 0.25) is 0 Å². The molecule has 0 saturated carbocycles. The lowest BCUT2D eigenvalue weighted by Crippen LogP contribution is -2.51. The van der Waals surface area contributed by atoms with Gasteiger partial charge in [-0.15, -0.1) is 0 Å². The first-order chi connectivity index (χ1) is 8.19. The number of hydrogen-bond acceptors (Lipinski definition) is 3. The molecule has 1 fully saturated rings. The molecule has 1 aliphatic heterocycles. The number of aromatic nitrogens is 1. The molecule has 0 bridgehead atoms. The Morgan fingerprint density at radius 3 is 2.82 bits per heavy atom. The summed E-state index contributed by atoms with van der Waals surface area (Å²) in [4.78, 5) is 6.93. The maximum absolute atomic E-state index is 5.27. The van der Waals surface area contributed by atoms with Crippen LogP contribution in [0.3, 0.4) is 0 Å². The largest absolute Gasteiger partial charge is 0.379 e. The Bertz CT molecular complexity index is 344. The van der Waals surface area contributed by atoms with E-state index in [0.717, 1.165) is 19.6 Å². The van der Waals surface area contributed by atoms with Gasteiger partial charge in [-0.25, -0.2) is 0 Å². The Balaban J connectivity index is 1.74. The van der Waals surface area contributed by atoms with Crippen molar-refractivity contribution in [1.29, 1.82) is 0 Å². The molecule has 2 heterocycles. The van der Waals surface area contributed by atoms with Gasteiger partial charge in [-0.1, -0.05) is 13.0 Å². The molecule has 94 valence electrons. The van der Waals surface area contributed by atoms with Gasteiger partial charge < -0.3 is 4.74 Å². The topological polar surface area (TPSA) is 25.4 Å². The van der Waals surface area contributed by atoms with Crippen molar-refractivity contribution in [3.05, 3.63) is 29.6 Å². The first kappa shape index (κ1) is 12.5. The van der Waals surface area contributed by atoms with Gasteiger partial charge in [-0.05, 0) is 37.4 Å². The van der Waals surface area contributed by atoms with Crippen LogP contribution >= 0.6 is 0 Å².